The van der Waals surface area contributed by atoms with E-state index in [0.717, 1.165) is 22.6 Å². The molecule has 0 saturated carbocycles. The first kappa shape index (κ1) is 24.5. The summed E-state index contributed by atoms with van der Waals surface area (Å²) in [5.41, 5.74) is 3.32. The number of fused-ring (bicyclic) bond motifs is 1. The van der Waals surface area contributed by atoms with Crippen molar-refractivity contribution in [2.24, 2.45) is 0 Å². The highest BCUT2D eigenvalue weighted by molar-refractivity contribution is 7.99. The minimum Gasteiger partial charge on any atom is -0.497 e. The van der Waals surface area contributed by atoms with Crippen molar-refractivity contribution >= 4 is 28.6 Å². The van der Waals surface area contributed by atoms with E-state index in [-0.39, 0.29) is 23.1 Å². The van der Waals surface area contributed by atoms with E-state index >= 15 is 0 Å². The molecule has 0 bridgehead atoms. The fourth-order valence-corrected chi connectivity index (χ4v) is 4.92. The lowest BCUT2D eigenvalue weighted by molar-refractivity contribution is -0.127. The van der Waals surface area contributed by atoms with Crippen LogP contribution in [0.2, 0.25) is 0 Å². The van der Waals surface area contributed by atoms with Crippen molar-refractivity contribution < 1.29 is 9.53 Å². The van der Waals surface area contributed by atoms with Gasteiger partial charge >= 0.3 is 0 Å². The van der Waals surface area contributed by atoms with Crippen LogP contribution < -0.4 is 10.3 Å². The molecule has 3 aromatic carbocycles. The maximum atomic E-state index is 13.6. The van der Waals surface area contributed by atoms with E-state index in [1.54, 1.807) is 29.7 Å². The lowest BCUT2D eigenvalue weighted by Gasteiger charge is -2.20. The molecule has 0 atom stereocenters. The largest absolute Gasteiger partial charge is 0.497 e. The molecule has 4 rings (SSSR count). The average molecular weight is 488 g/mol. The predicted octanol–water partition coefficient (Wildman–Crippen LogP) is 5.27. The third kappa shape index (κ3) is 5.41. The van der Waals surface area contributed by atoms with Gasteiger partial charge in [-0.3, -0.25) is 14.2 Å². The van der Waals surface area contributed by atoms with Crippen molar-refractivity contribution in [3.8, 4) is 11.4 Å². The molecule has 0 unspecified atom stereocenters. The van der Waals surface area contributed by atoms with Gasteiger partial charge in [-0.15, -0.1) is 0 Å². The minimum absolute atomic E-state index is 0.0519. The number of aromatic nitrogens is 2. The van der Waals surface area contributed by atoms with Crippen molar-refractivity contribution in [3.05, 3.63) is 94.3 Å². The van der Waals surface area contributed by atoms with Gasteiger partial charge in [-0.1, -0.05) is 68.1 Å². The number of methoxy groups -OCH3 is 1. The number of amides is 1. The van der Waals surface area contributed by atoms with Gasteiger partial charge in [-0.2, -0.15) is 0 Å². The van der Waals surface area contributed by atoms with Crippen LogP contribution in [0.1, 0.15) is 30.9 Å². The first-order chi connectivity index (χ1) is 16.9. The summed E-state index contributed by atoms with van der Waals surface area (Å²) in [6, 6.07) is 22.9. The van der Waals surface area contributed by atoms with Gasteiger partial charge < -0.3 is 9.64 Å². The number of hydrogen-bond donors (Lipinski definition) is 0. The molecule has 1 heterocycles. The van der Waals surface area contributed by atoms with Gasteiger partial charge in [-0.25, -0.2) is 4.98 Å². The Bertz CT molecular complexity index is 1410. The number of nitrogens with zero attached hydrogens (tertiary/aromatic N) is 3. The van der Waals surface area contributed by atoms with Crippen molar-refractivity contribution in [1.82, 2.24) is 14.5 Å². The molecule has 4 aromatic rings. The van der Waals surface area contributed by atoms with Crippen LogP contribution in [0.15, 0.2) is 82.7 Å². The molecule has 0 N–H and O–H groups in total. The van der Waals surface area contributed by atoms with Gasteiger partial charge in [0.15, 0.2) is 5.16 Å². The van der Waals surface area contributed by atoms with E-state index in [4.69, 9.17) is 9.72 Å². The molecule has 0 spiro atoms. The summed E-state index contributed by atoms with van der Waals surface area (Å²) in [5, 5.41) is 1.06. The highest BCUT2D eigenvalue weighted by atomic mass is 32.2. The summed E-state index contributed by atoms with van der Waals surface area (Å²) in [7, 11) is 3.40. The van der Waals surface area contributed by atoms with Crippen LogP contribution in [0.5, 0.6) is 5.75 Å². The van der Waals surface area contributed by atoms with Crippen LogP contribution in [-0.4, -0.2) is 40.3 Å². The van der Waals surface area contributed by atoms with Crippen LogP contribution >= 0.6 is 11.8 Å². The number of carbonyl (C=O) groups excluding carboxylic acids is 1. The normalized spacial score (nSPS) is 11.1. The van der Waals surface area contributed by atoms with E-state index in [1.807, 2.05) is 66.7 Å². The average Bonchev–Trinajstić information content (AvgIpc) is 2.87. The van der Waals surface area contributed by atoms with Crippen molar-refractivity contribution in [1.29, 1.82) is 0 Å². The fourth-order valence-electron chi connectivity index (χ4n) is 3.97. The van der Waals surface area contributed by atoms with Gasteiger partial charge in [0.25, 0.3) is 5.56 Å². The van der Waals surface area contributed by atoms with E-state index in [1.165, 1.54) is 11.8 Å². The quantitative estimate of drug-likeness (QED) is 0.250. The van der Waals surface area contributed by atoms with Crippen LogP contribution in [0, 0.1) is 0 Å². The Hall–Kier alpha value is -3.58. The maximum Gasteiger partial charge on any atom is 0.266 e. The number of ether oxygens (including phenoxy) is 1. The molecule has 35 heavy (non-hydrogen) atoms. The molecule has 0 aliphatic rings. The number of rotatable bonds is 8. The van der Waals surface area contributed by atoms with E-state index in [0.29, 0.717) is 22.6 Å². The van der Waals surface area contributed by atoms with E-state index in [2.05, 4.69) is 13.8 Å². The van der Waals surface area contributed by atoms with Crippen molar-refractivity contribution in [2.45, 2.75) is 31.5 Å². The van der Waals surface area contributed by atoms with Crippen molar-refractivity contribution in [2.75, 3.05) is 19.9 Å². The lowest BCUT2D eigenvalue weighted by Crippen LogP contribution is -2.28. The molecule has 1 aromatic heterocycles. The van der Waals surface area contributed by atoms with Crippen molar-refractivity contribution in [3.63, 3.8) is 0 Å². The molecule has 0 aliphatic heterocycles. The highest BCUT2D eigenvalue weighted by Gasteiger charge is 2.19. The Morgan fingerprint density at radius 3 is 2.57 bits per heavy atom. The Kier molecular flexibility index (Phi) is 7.56. The smallest absolute Gasteiger partial charge is 0.266 e. The molecule has 7 heteroatoms. The summed E-state index contributed by atoms with van der Waals surface area (Å²) >= 11 is 1.28. The summed E-state index contributed by atoms with van der Waals surface area (Å²) < 4.78 is 6.93. The second kappa shape index (κ2) is 10.8. The van der Waals surface area contributed by atoms with Crippen LogP contribution in [0.4, 0.5) is 0 Å². The van der Waals surface area contributed by atoms with Crippen LogP contribution in [0.3, 0.4) is 0 Å². The summed E-state index contributed by atoms with van der Waals surface area (Å²) in [5.74, 6) is 1.09. The zero-order chi connectivity index (χ0) is 24.9. The number of carbonyl (C=O) groups is 1. The fraction of sp³-hybridized carbons (Fsp3) is 0.250. The molecule has 6 nitrogen and oxygen atoms in total. The number of hydrogen-bond acceptors (Lipinski definition) is 5. The Labute approximate surface area is 209 Å². The van der Waals surface area contributed by atoms with Crippen LogP contribution in [0.25, 0.3) is 16.6 Å². The molecular formula is C28H29N3O3S. The molecule has 1 amide bonds. The summed E-state index contributed by atoms with van der Waals surface area (Å²) in [4.78, 5) is 33.1. The minimum atomic E-state index is -0.136. The van der Waals surface area contributed by atoms with Gasteiger partial charge in [-0.05, 0) is 47.4 Å². The van der Waals surface area contributed by atoms with Gasteiger partial charge in [0, 0.05) is 13.6 Å². The monoisotopic (exact) mass is 487 g/mol. The third-order valence-electron chi connectivity index (χ3n) is 5.85. The zero-order valence-corrected chi connectivity index (χ0v) is 21.2. The topological polar surface area (TPSA) is 64.4 Å². The predicted molar refractivity (Wildman–Crippen MR) is 142 cm³/mol. The number of para-hydroxylation sites is 2. The molecule has 0 saturated heterocycles. The second-order valence-corrected chi connectivity index (χ2v) is 9.60. The van der Waals surface area contributed by atoms with Gasteiger partial charge in [0.1, 0.15) is 5.75 Å². The molecule has 0 aliphatic carbocycles. The zero-order valence-electron chi connectivity index (χ0n) is 20.4. The van der Waals surface area contributed by atoms with Crippen LogP contribution in [-0.2, 0) is 11.3 Å². The third-order valence-corrected chi connectivity index (χ3v) is 6.77. The first-order valence-electron chi connectivity index (χ1n) is 11.5. The Morgan fingerprint density at radius 1 is 1.06 bits per heavy atom. The first-order valence-corrected chi connectivity index (χ1v) is 12.5. The Morgan fingerprint density at radius 2 is 1.80 bits per heavy atom. The van der Waals surface area contributed by atoms with E-state index in [9.17, 15) is 9.59 Å². The van der Waals surface area contributed by atoms with E-state index < -0.39 is 0 Å². The lowest BCUT2D eigenvalue weighted by atomic mass is 10.0. The highest BCUT2D eigenvalue weighted by Crippen LogP contribution is 2.27. The second-order valence-electron chi connectivity index (χ2n) is 8.66. The standard InChI is InChI=1S/C28H29N3O3S/c1-19(2)22-12-6-8-15-25(22)31-27(33)23-13-5-7-14-24(23)29-28(31)35-18-26(32)30(3)17-20-10-9-11-21(16-20)34-4/h5-16,19H,17-18H2,1-4H3. The van der Waals surface area contributed by atoms with Gasteiger partial charge in [0.2, 0.25) is 5.91 Å². The summed E-state index contributed by atoms with van der Waals surface area (Å²) in [6.45, 7) is 4.66. The number of thioether (sulfide) groups is 1. The number of benzene rings is 3. The molecule has 180 valence electrons. The Balaban J connectivity index is 1.65. The maximum absolute atomic E-state index is 13.6. The summed E-state index contributed by atoms with van der Waals surface area (Å²) in [6.07, 6.45) is 0. The molecular weight excluding hydrogens is 458 g/mol. The molecule has 0 fully saturated rings. The SMILES string of the molecule is COc1cccc(CN(C)C(=O)CSc2nc3ccccc3c(=O)n2-c2ccccc2C(C)C)c1. The van der Waals surface area contributed by atoms with Gasteiger partial charge in [0.05, 0.1) is 29.5 Å². The molecule has 0 radical (unpaired) electrons.